The maximum absolute atomic E-state index is 12.8. The SMILES string of the molecule is C[C@H](NC(=O)[C@H](C)n1cnc2ccccc21)c1ccc2c(c1)OCCCO2. The number of imidazole rings is 1. The molecule has 6 heteroatoms. The minimum Gasteiger partial charge on any atom is -0.490 e. The molecular weight excluding hydrogens is 342 g/mol. The lowest BCUT2D eigenvalue weighted by Crippen LogP contribution is -2.32. The van der Waals surface area contributed by atoms with Gasteiger partial charge in [-0.3, -0.25) is 4.79 Å². The number of nitrogens with zero attached hydrogens (tertiary/aromatic N) is 2. The van der Waals surface area contributed by atoms with Crippen molar-refractivity contribution in [2.24, 2.45) is 0 Å². The van der Waals surface area contributed by atoms with Crippen LogP contribution in [0.2, 0.25) is 0 Å². The molecule has 0 saturated carbocycles. The standard InChI is InChI=1S/C21H23N3O3/c1-14(16-8-9-19-20(12-16)27-11-5-10-26-19)23-21(25)15(2)24-13-22-17-6-3-4-7-18(17)24/h3-4,6-9,12-15H,5,10-11H2,1-2H3,(H,23,25)/t14-,15-/m0/s1. The average molecular weight is 365 g/mol. The molecule has 0 saturated heterocycles. The molecule has 1 N–H and O–H groups in total. The second-order valence-corrected chi connectivity index (χ2v) is 6.80. The van der Waals surface area contributed by atoms with Gasteiger partial charge in [-0.2, -0.15) is 0 Å². The highest BCUT2D eigenvalue weighted by Crippen LogP contribution is 2.32. The minimum absolute atomic E-state index is 0.0576. The van der Waals surface area contributed by atoms with Gasteiger partial charge in [-0.25, -0.2) is 4.98 Å². The summed E-state index contributed by atoms with van der Waals surface area (Å²) in [4.78, 5) is 17.2. The number of nitrogens with one attached hydrogen (secondary N) is 1. The van der Waals surface area contributed by atoms with Gasteiger partial charge in [0.25, 0.3) is 0 Å². The molecule has 27 heavy (non-hydrogen) atoms. The van der Waals surface area contributed by atoms with Crippen LogP contribution in [0.15, 0.2) is 48.8 Å². The van der Waals surface area contributed by atoms with Crippen LogP contribution >= 0.6 is 0 Å². The molecule has 3 aromatic rings. The quantitative estimate of drug-likeness (QED) is 0.767. The Morgan fingerprint density at radius 1 is 1.11 bits per heavy atom. The van der Waals surface area contributed by atoms with E-state index >= 15 is 0 Å². The van der Waals surface area contributed by atoms with Gasteiger partial charge in [-0.05, 0) is 43.7 Å². The normalized spacial score (nSPS) is 15.8. The van der Waals surface area contributed by atoms with E-state index in [0.29, 0.717) is 13.2 Å². The molecule has 0 fully saturated rings. The van der Waals surface area contributed by atoms with E-state index in [1.165, 1.54) is 0 Å². The number of ether oxygens (including phenoxy) is 2. The van der Waals surface area contributed by atoms with E-state index in [-0.39, 0.29) is 18.0 Å². The Hall–Kier alpha value is -3.02. The van der Waals surface area contributed by atoms with Crippen LogP contribution in [0.3, 0.4) is 0 Å². The number of fused-ring (bicyclic) bond motifs is 2. The van der Waals surface area contributed by atoms with E-state index in [1.807, 2.05) is 60.9 Å². The van der Waals surface area contributed by atoms with E-state index in [1.54, 1.807) is 6.33 Å². The molecule has 6 nitrogen and oxygen atoms in total. The number of hydrogen-bond donors (Lipinski definition) is 1. The first-order valence-electron chi connectivity index (χ1n) is 9.25. The summed E-state index contributed by atoms with van der Waals surface area (Å²) in [5, 5.41) is 3.09. The molecule has 0 spiro atoms. The molecule has 1 amide bonds. The fourth-order valence-corrected chi connectivity index (χ4v) is 3.28. The van der Waals surface area contributed by atoms with Crippen LogP contribution in [0.25, 0.3) is 11.0 Å². The Labute approximate surface area is 158 Å². The van der Waals surface area contributed by atoms with Gasteiger partial charge in [0.1, 0.15) is 6.04 Å². The van der Waals surface area contributed by atoms with Gasteiger partial charge >= 0.3 is 0 Å². The van der Waals surface area contributed by atoms with Crippen molar-refractivity contribution in [2.75, 3.05) is 13.2 Å². The molecule has 140 valence electrons. The zero-order chi connectivity index (χ0) is 18.8. The van der Waals surface area contributed by atoms with Crippen molar-refractivity contribution in [2.45, 2.75) is 32.4 Å². The Morgan fingerprint density at radius 2 is 1.89 bits per heavy atom. The predicted molar refractivity (Wildman–Crippen MR) is 103 cm³/mol. The first kappa shape index (κ1) is 17.4. The highest BCUT2D eigenvalue weighted by atomic mass is 16.5. The van der Waals surface area contributed by atoms with Crippen molar-refractivity contribution in [3.63, 3.8) is 0 Å². The number of carbonyl (C=O) groups is 1. The first-order chi connectivity index (χ1) is 13.1. The summed E-state index contributed by atoms with van der Waals surface area (Å²) in [6.07, 6.45) is 2.58. The van der Waals surface area contributed by atoms with Gasteiger partial charge in [0.2, 0.25) is 5.91 Å². The summed E-state index contributed by atoms with van der Waals surface area (Å²) in [6, 6.07) is 13.1. The van der Waals surface area contributed by atoms with Crippen LogP contribution in [-0.2, 0) is 4.79 Å². The number of para-hydroxylation sites is 2. The van der Waals surface area contributed by atoms with Gasteiger partial charge < -0.3 is 19.4 Å². The molecule has 1 aliphatic rings. The highest BCUT2D eigenvalue weighted by Gasteiger charge is 2.20. The van der Waals surface area contributed by atoms with Crippen LogP contribution in [0.1, 0.15) is 37.9 Å². The molecule has 0 radical (unpaired) electrons. The second kappa shape index (κ2) is 7.31. The summed E-state index contributed by atoms with van der Waals surface area (Å²) < 4.78 is 13.3. The van der Waals surface area contributed by atoms with Crippen LogP contribution in [0.5, 0.6) is 11.5 Å². The van der Waals surface area contributed by atoms with Crippen molar-refractivity contribution in [1.82, 2.24) is 14.9 Å². The van der Waals surface area contributed by atoms with E-state index in [0.717, 1.165) is 34.5 Å². The zero-order valence-electron chi connectivity index (χ0n) is 15.5. The third-order valence-corrected chi connectivity index (χ3v) is 4.91. The number of hydrogen-bond acceptors (Lipinski definition) is 4. The molecule has 0 aliphatic carbocycles. The fraction of sp³-hybridized carbons (Fsp3) is 0.333. The summed E-state index contributed by atoms with van der Waals surface area (Å²) in [6.45, 7) is 5.15. The predicted octanol–water partition coefficient (Wildman–Crippen LogP) is 3.64. The van der Waals surface area contributed by atoms with Crippen molar-refractivity contribution >= 4 is 16.9 Å². The zero-order valence-corrected chi connectivity index (χ0v) is 15.5. The number of benzene rings is 2. The summed E-state index contributed by atoms with van der Waals surface area (Å²) in [5.74, 6) is 1.44. The third kappa shape index (κ3) is 3.47. The van der Waals surface area contributed by atoms with Gasteiger partial charge in [0.15, 0.2) is 11.5 Å². The molecule has 1 aliphatic heterocycles. The Balaban J connectivity index is 1.50. The van der Waals surface area contributed by atoms with Crippen molar-refractivity contribution < 1.29 is 14.3 Å². The van der Waals surface area contributed by atoms with E-state index in [4.69, 9.17) is 9.47 Å². The van der Waals surface area contributed by atoms with Crippen LogP contribution in [-0.4, -0.2) is 28.7 Å². The summed E-state index contributed by atoms with van der Waals surface area (Å²) in [7, 11) is 0. The molecule has 0 bridgehead atoms. The van der Waals surface area contributed by atoms with Crippen LogP contribution in [0.4, 0.5) is 0 Å². The van der Waals surface area contributed by atoms with Crippen LogP contribution in [0, 0.1) is 0 Å². The monoisotopic (exact) mass is 365 g/mol. The average Bonchev–Trinajstić information content (AvgIpc) is 2.97. The number of amides is 1. The maximum atomic E-state index is 12.8. The molecule has 0 unspecified atom stereocenters. The second-order valence-electron chi connectivity index (χ2n) is 6.80. The highest BCUT2D eigenvalue weighted by molar-refractivity contribution is 5.83. The minimum atomic E-state index is -0.361. The third-order valence-electron chi connectivity index (χ3n) is 4.91. The lowest BCUT2D eigenvalue weighted by atomic mass is 10.1. The Bertz CT molecular complexity index is 966. The van der Waals surface area contributed by atoms with Crippen LogP contribution < -0.4 is 14.8 Å². The van der Waals surface area contributed by atoms with Gasteiger partial charge in [0.05, 0.1) is 36.6 Å². The van der Waals surface area contributed by atoms with E-state index < -0.39 is 0 Å². The topological polar surface area (TPSA) is 65.4 Å². The number of carbonyl (C=O) groups excluding carboxylic acids is 1. The molecule has 2 aromatic carbocycles. The van der Waals surface area contributed by atoms with Crippen molar-refractivity contribution in [3.8, 4) is 11.5 Å². The largest absolute Gasteiger partial charge is 0.490 e. The van der Waals surface area contributed by atoms with Crippen molar-refractivity contribution in [3.05, 3.63) is 54.4 Å². The molecule has 2 heterocycles. The smallest absolute Gasteiger partial charge is 0.243 e. The van der Waals surface area contributed by atoms with E-state index in [9.17, 15) is 4.79 Å². The molecule has 4 rings (SSSR count). The summed E-state index contributed by atoms with van der Waals surface area (Å²) >= 11 is 0. The fourth-order valence-electron chi connectivity index (χ4n) is 3.28. The lowest BCUT2D eigenvalue weighted by molar-refractivity contribution is -0.124. The number of rotatable bonds is 4. The van der Waals surface area contributed by atoms with Crippen molar-refractivity contribution in [1.29, 1.82) is 0 Å². The first-order valence-corrected chi connectivity index (χ1v) is 9.25. The summed E-state index contributed by atoms with van der Waals surface area (Å²) in [5.41, 5.74) is 2.81. The van der Waals surface area contributed by atoms with E-state index in [2.05, 4.69) is 10.3 Å². The Kier molecular flexibility index (Phi) is 4.71. The molecular formula is C21H23N3O3. The lowest BCUT2D eigenvalue weighted by Gasteiger charge is -2.20. The number of aromatic nitrogens is 2. The molecule has 2 atom stereocenters. The van der Waals surface area contributed by atoms with Gasteiger partial charge in [-0.1, -0.05) is 18.2 Å². The van der Waals surface area contributed by atoms with Gasteiger partial charge in [0, 0.05) is 6.42 Å². The molecule has 1 aromatic heterocycles. The Morgan fingerprint density at radius 3 is 2.74 bits per heavy atom. The van der Waals surface area contributed by atoms with Gasteiger partial charge in [-0.15, -0.1) is 0 Å². The maximum Gasteiger partial charge on any atom is 0.243 e.